The van der Waals surface area contributed by atoms with E-state index in [9.17, 15) is 4.79 Å². The SMILES string of the molecule is COc1cc(CCNC(=O)C2CCCN2)ccc1C. The van der Waals surface area contributed by atoms with Crippen LogP contribution in [0.25, 0.3) is 0 Å². The van der Waals surface area contributed by atoms with E-state index < -0.39 is 0 Å². The van der Waals surface area contributed by atoms with Gasteiger partial charge < -0.3 is 15.4 Å². The highest BCUT2D eigenvalue weighted by atomic mass is 16.5. The first-order valence-electron chi connectivity index (χ1n) is 6.85. The van der Waals surface area contributed by atoms with Crippen LogP contribution in [0.1, 0.15) is 24.0 Å². The molecule has 4 heteroatoms. The molecular formula is C15H22N2O2. The van der Waals surface area contributed by atoms with Crippen molar-refractivity contribution in [3.8, 4) is 5.75 Å². The lowest BCUT2D eigenvalue weighted by Gasteiger charge is -2.12. The number of carbonyl (C=O) groups excluding carboxylic acids is 1. The fourth-order valence-electron chi connectivity index (χ4n) is 2.38. The molecule has 0 aromatic heterocycles. The number of methoxy groups -OCH3 is 1. The van der Waals surface area contributed by atoms with E-state index in [1.807, 2.05) is 13.0 Å². The molecule has 19 heavy (non-hydrogen) atoms. The highest BCUT2D eigenvalue weighted by molar-refractivity contribution is 5.81. The van der Waals surface area contributed by atoms with Crippen LogP contribution in [0.15, 0.2) is 18.2 Å². The molecule has 2 N–H and O–H groups in total. The molecule has 1 amide bonds. The third-order valence-electron chi connectivity index (χ3n) is 3.56. The Balaban J connectivity index is 1.80. The van der Waals surface area contributed by atoms with Gasteiger partial charge in [0.2, 0.25) is 5.91 Å². The summed E-state index contributed by atoms with van der Waals surface area (Å²) in [5.41, 5.74) is 2.31. The van der Waals surface area contributed by atoms with Crippen LogP contribution in [0.2, 0.25) is 0 Å². The smallest absolute Gasteiger partial charge is 0.237 e. The Bertz CT molecular complexity index is 440. The van der Waals surface area contributed by atoms with Gasteiger partial charge in [0.1, 0.15) is 5.75 Å². The Labute approximate surface area is 114 Å². The summed E-state index contributed by atoms with van der Waals surface area (Å²) < 4.78 is 5.30. The second-order valence-corrected chi connectivity index (χ2v) is 4.99. The van der Waals surface area contributed by atoms with Crippen LogP contribution in [0.3, 0.4) is 0 Å². The second kappa shape index (κ2) is 6.57. The average molecular weight is 262 g/mol. The Kier molecular flexibility index (Phi) is 4.80. The van der Waals surface area contributed by atoms with E-state index in [0.717, 1.165) is 37.1 Å². The van der Waals surface area contributed by atoms with Gasteiger partial charge in [-0.05, 0) is 49.9 Å². The van der Waals surface area contributed by atoms with Gasteiger partial charge in [-0.2, -0.15) is 0 Å². The monoisotopic (exact) mass is 262 g/mol. The Hall–Kier alpha value is -1.55. The molecule has 1 aliphatic heterocycles. The number of carbonyl (C=O) groups is 1. The molecule has 1 aliphatic rings. The molecule has 1 unspecified atom stereocenters. The second-order valence-electron chi connectivity index (χ2n) is 4.99. The number of amides is 1. The van der Waals surface area contributed by atoms with E-state index in [0.29, 0.717) is 6.54 Å². The topological polar surface area (TPSA) is 50.4 Å². The van der Waals surface area contributed by atoms with Gasteiger partial charge in [-0.15, -0.1) is 0 Å². The molecule has 1 aromatic carbocycles. The lowest BCUT2D eigenvalue weighted by atomic mass is 10.1. The standard InChI is InChI=1S/C15H22N2O2/c1-11-5-6-12(10-14(11)19-2)7-9-17-15(18)13-4-3-8-16-13/h5-6,10,13,16H,3-4,7-9H2,1-2H3,(H,17,18). The number of nitrogens with one attached hydrogen (secondary N) is 2. The maximum Gasteiger partial charge on any atom is 0.237 e. The van der Waals surface area contributed by atoms with Crippen LogP contribution < -0.4 is 15.4 Å². The van der Waals surface area contributed by atoms with Crippen LogP contribution in [-0.2, 0) is 11.2 Å². The molecule has 0 aliphatic carbocycles. The van der Waals surface area contributed by atoms with Crippen molar-refractivity contribution in [3.63, 3.8) is 0 Å². The van der Waals surface area contributed by atoms with Crippen LogP contribution in [0.5, 0.6) is 5.75 Å². The van der Waals surface area contributed by atoms with E-state index in [-0.39, 0.29) is 11.9 Å². The fraction of sp³-hybridized carbons (Fsp3) is 0.533. The lowest BCUT2D eigenvalue weighted by molar-refractivity contribution is -0.122. The van der Waals surface area contributed by atoms with Crippen LogP contribution in [0, 0.1) is 6.92 Å². The minimum Gasteiger partial charge on any atom is -0.496 e. The van der Waals surface area contributed by atoms with Gasteiger partial charge >= 0.3 is 0 Å². The van der Waals surface area contributed by atoms with Gasteiger partial charge in [0.05, 0.1) is 13.2 Å². The third-order valence-corrected chi connectivity index (χ3v) is 3.56. The minimum atomic E-state index is 0.00699. The van der Waals surface area contributed by atoms with Crippen molar-refractivity contribution in [2.24, 2.45) is 0 Å². The predicted molar refractivity (Wildman–Crippen MR) is 75.5 cm³/mol. The van der Waals surface area contributed by atoms with E-state index >= 15 is 0 Å². The zero-order chi connectivity index (χ0) is 13.7. The predicted octanol–water partition coefficient (Wildman–Crippen LogP) is 1.41. The summed E-state index contributed by atoms with van der Waals surface area (Å²) in [5.74, 6) is 1.03. The first kappa shape index (κ1) is 13.9. The van der Waals surface area contributed by atoms with Crippen molar-refractivity contribution in [2.75, 3.05) is 20.2 Å². The number of aryl methyl sites for hydroxylation is 1. The number of benzene rings is 1. The van der Waals surface area contributed by atoms with Gasteiger partial charge in [0.15, 0.2) is 0 Å². The molecule has 2 rings (SSSR count). The highest BCUT2D eigenvalue weighted by Crippen LogP contribution is 2.19. The van der Waals surface area contributed by atoms with E-state index in [1.165, 1.54) is 5.56 Å². The molecule has 4 nitrogen and oxygen atoms in total. The third kappa shape index (κ3) is 3.70. The molecule has 0 saturated carbocycles. The summed E-state index contributed by atoms with van der Waals surface area (Å²) in [5, 5.41) is 6.18. The number of ether oxygens (including phenoxy) is 1. The maximum absolute atomic E-state index is 11.8. The largest absolute Gasteiger partial charge is 0.496 e. The van der Waals surface area contributed by atoms with Crippen molar-refractivity contribution in [3.05, 3.63) is 29.3 Å². The van der Waals surface area contributed by atoms with Crippen molar-refractivity contribution in [1.82, 2.24) is 10.6 Å². The Morgan fingerprint density at radius 2 is 2.37 bits per heavy atom. The molecule has 0 bridgehead atoms. The summed E-state index contributed by atoms with van der Waals surface area (Å²) in [7, 11) is 1.68. The average Bonchev–Trinajstić information content (AvgIpc) is 2.94. The highest BCUT2D eigenvalue weighted by Gasteiger charge is 2.21. The van der Waals surface area contributed by atoms with Crippen molar-refractivity contribution >= 4 is 5.91 Å². The Morgan fingerprint density at radius 3 is 3.05 bits per heavy atom. The van der Waals surface area contributed by atoms with Crippen LogP contribution >= 0.6 is 0 Å². The Morgan fingerprint density at radius 1 is 1.53 bits per heavy atom. The van der Waals surface area contributed by atoms with Gasteiger partial charge in [0.25, 0.3) is 0 Å². The van der Waals surface area contributed by atoms with E-state index in [2.05, 4.69) is 22.8 Å². The first-order chi connectivity index (χ1) is 9.20. The quantitative estimate of drug-likeness (QED) is 0.843. The summed E-state index contributed by atoms with van der Waals surface area (Å²) >= 11 is 0. The molecule has 1 heterocycles. The molecule has 1 saturated heterocycles. The van der Waals surface area contributed by atoms with Gasteiger partial charge in [-0.1, -0.05) is 12.1 Å². The zero-order valence-corrected chi connectivity index (χ0v) is 11.7. The minimum absolute atomic E-state index is 0.00699. The molecule has 1 fully saturated rings. The molecule has 1 aromatic rings. The zero-order valence-electron chi connectivity index (χ0n) is 11.7. The first-order valence-corrected chi connectivity index (χ1v) is 6.85. The maximum atomic E-state index is 11.8. The molecule has 104 valence electrons. The van der Waals surface area contributed by atoms with Crippen molar-refractivity contribution in [1.29, 1.82) is 0 Å². The molecule has 0 radical (unpaired) electrons. The summed E-state index contributed by atoms with van der Waals surface area (Å²) in [4.78, 5) is 11.8. The number of hydrogen-bond acceptors (Lipinski definition) is 3. The lowest BCUT2D eigenvalue weighted by Crippen LogP contribution is -2.41. The van der Waals surface area contributed by atoms with Crippen LogP contribution in [-0.4, -0.2) is 32.1 Å². The number of hydrogen-bond donors (Lipinski definition) is 2. The summed E-state index contributed by atoms with van der Waals surface area (Å²) in [6.07, 6.45) is 2.87. The summed E-state index contributed by atoms with van der Waals surface area (Å²) in [6.45, 7) is 3.65. The fourth-order valence-corrected chi connectivity index (χ4v) is 2.38. The van der Waals surface area contributed by atoms with E-state index in [1.54, 1.807) is 7.11 Å². The molecular weight excluding hydrogens is 240 g/mol. The van der Waals surface area contributed by atoms with Crippen LogP contribution in [0.4, 0.5) is 0 Å². The van der Waals surface area contributed by atoms with Crippen molar-refractivity contribution in [2.45, 2.75) is 32.2 Å². The van der Waals surface area contributed by atoms with Gasteiger partial charge in [0, 0.05) is 6.54 Å². The van der Waals surface area contributed by atoms with E-state index in [4.69, 9.17) is 4.74 Å². The number of rotatable bonds is 5. The summed E-state index contributed by atoms with van der Waals surface area (Å²) in [6, 6.07) is 6.18. The van der Waals surface area contributed by atoms with Crippen molar-refractivity contribution < 1.29 is 9.53 Å². The molecule has 0 spiro atoms. The van der Waals surface area contributed by atoms with Gasteiger partial charge in [-0.3, -0.25) is 4.79 Å². The van der Waals surface area contributed by atoms with Gasteiger partial charge in [-0.25, -0.2) is 0 Å². The normalized spacial score (nSPS) is 18.3. The molecule has 1 atom stereocenters.